The van der Waals surface area contributed by atoms with Crippen molar-refractivity contribution in [2.24, 2.45) is 0 Å². The molecular formula is C7H4BrClF3N. The van der Waals surface area contributed by atoms with Crippen LogP contribution in [0.25, 0.3) is 0 Å². The number of halogens is 5. The fourth-order valence-corrected chi connectivity index (χ4v) is 1.67. The lowest BCUT2D eigenvalue weighted by Gasteiger charge is -2.06. The van der Waals surface area contributed by atoms with E-state index < -0.39 is 17.9 Å². The Hall–Kier alpha value is -0.290. The monoisotopic (exact) mass is 273 g/mol. The highest BCUT2D eigenvalue weighted by Gasteiger charge is 2.20. The molecule has 0 aliphatic rings. The average molecular weight is 274 g/mol. The first-order valence-electron chi connectivity index (χ1n) is 3.24. The minimum atomic E-state index is -2.95. The van der Waals surface area contributed by atoms with Crippen LogP contribution >= 0.6 is 27.5 Å². The number of pyridine rings is 1. The molecule has 0 aromatic carbocycles. The Labute approximate surface area is 86.0 Å². The maximum absolute atomic E-state index is 12.7. The van der Waals surface area contributed by atoms with Crippen LogP contribution in [-0.2, 0) is 5.33 Å². The van der Waals surface area contributed by atoms with Crippen LogP contribution in [0.2, 0.25) is 5.02 Å². The van der Waals surface area contributed by atoms with E-state index >= 15 is 0 Å². The van der Waals surface area contributed by atoms with Crippen molar-refractivity contribution in [2.75, 3.05) is 0 Å². The topological polar surface area (TPSA) is 12.9 Å². The van der Waals surface area contributed by atoms with Gasteiger partial charge >= 0.3 is 0 Å². The maximum Gasteiger partial charge on any atom is 0.269 e. The maximum atomic E-state index is 12.7. The number of nitrogens with zero attached hydrogens (tertiary/aromatic N) is 1. The first kappa shape index (κ1) is 10.8. The minimum Gasteiger partial charge on any atom is -0.227 e. The first-order chi connectivity index (χ1) is 6.07. The van der Waals surface area contributed by atoms with Crippen molar-refractivity contribution in [3.05, 3.63) is 28.3 Å². The molecule has 1 rings (SSSR count). The van der Waals surface area contributed by atoms with Crippen molar-refractivity contribution >= 4 is 27.5 Å². The lowest BCUT2D eigenvalue weighted by molar-refractivity contribution is 0.145. The molecule has 0 N–H and O–H groups in total. The van der Waals surface area contributed by atoms with Crippen LogP contribution in [0.3, 0.4) is 0 Å². The van der Waals surface area contributed by atoms with Gasteiger partial charge in [-0.1, -0.05) is 27.5 Å². The number of alkyl halides is 3. The molecule has 0 aliphatic carbocycles. The van der Waals surface area contributed by atoms with Gasteiger partial charge in [-0.15, -0.1) is 0 Å². The van der Waals surface area contributed by atoms with Crippen LogP contribution in [0.5, 0.6) is 0 Å². The molecule has 13 heavy (non-hydrogen) atoms. The first-order valence-corrected chi connectivity index (χ1v) is 4.74. The second-order valence-corrected chi connectivity index (χ2v) is 3.17. The Morgan fingerprint density at radius 3 is 2.62 bits per heavy atom. The second-order valence-electron chi connectivity index (χ2n) is 2.24. The Bertz CT molecular complexity index is 319. The minimum absolute atomic E-state index is 0.263. The molecule has 0 amide bonds. The van der Waals surface area contributed by atoms with Gasteiger partial charge in [0.05, 0.1) is 10.6 Å². The molecule has 0 spiro atoms. The van der Waals surface area contributed by atoms with E-state index in [9.17, 15) is 13.2 Å². The van der Waals surface area contributed by atoms with E-state index in [0.717, 1.165) is 6.20 Å². The molecule has 1 nitrogen and oxygen atoms in total. The fraction of sp³-hybridized carbons (Fsp3) is 0.286. The predicted octanol–water partition coefficient (Wildman–Crippen LogP) is 3.71. The van der Waals surface area contributed by atoms with Crippen molar-refractivity contribution in [3.8, 4) is 0 Å². The summed E-state index contributed by atoms with van der Waals surface area (Å²) in [5.41, 5.74) is -0.489. The fourth-order valence-electron chi connectivity index (χ4n) is 0.803. The van der Waals surface area contributed by atoms with Crippen LogP contribution in [0.1, 0.15) is 17.6 Å². The Balaban J connectivity index is 3.30. The lowest BCUT2D eigenvalue weighted by Crippen LogP contribution is -1.98. The highest BCUT2D eigenvalue weighted by molar-refractivity contribution is 9.08. The van der Waals surface area contributed by atoms with Crippen molar-refractivity contribution in [1.82, 2.24) is 4.98 Å². The van der Waals surface area contributed by atoms with E-state index in [1.807, 2.05) is 0 Å². The van der Waals surface area contributed by atoms with Gasteiger partial charge in [0.1, 0.15) is 0 Å². The zero-order chi connectivity index (χ0) is 10.0. The van der Waals surface area contributed by atoms with E-state index in [0.29, 0.717) is 5.56 Å². The molecule has 0 atom stereocenters. The van der Waals surface area contributed by atoms with Crippen LogP contribution in [0, 0.1) is 5.95 Å². The molecular weight excluding hydrogens is 270 g/mol. The van der Waals surface area contributed by atoms with E-state index in [2.05, 4.69) is 20.9 Å². The highest BCUT2D eigenvalue weighted by atomic mass is 79.9. The molecule has 0 fully saturated rings. The Morgan fingerprint density at radius 1 is 1.54 bits per heavy atom. The van der Waals surface area contributed by atoms with Gasteiger partial charge in [-0.3, -0.25) is 0 Å². The largest absolute Gasteiger partial charge is 0.269 e. The number of hydrogen-bond acceptors (Lipinski definition) is 1. The highest BCUT2D eigenvalue weighted by Crippen LogP contribution is 2.31. The van der Waals surface area contributed by atoms with Crippen LogP contribution in [-0.4, -0.2) is 4.98 Å². The lowest BCUT2D eigenvalue weighted by atomic mass is 10.2. The third-order valence-corrected chi connectivity index (χ3v) is 2.49. The summed E-state index contributed by atoms with van der Waals surface area (Å²) >= 11 is 8.54. The summed E-state index contributed by atoms with van der Waals surface area (Å²) in [6.45, 7) is 0. The average Bonchev–Trinajstić information content (AvgIpc) is 2.04. The van der Waals surface area contributed by atoms with Crippen LogP contribution in [0.4, 0.5) is 13.2 Å². The summed E-state index contributed by atoms with van der Waals surface area (Å²) < 4.78 is 37.2. The molecule has 6 heteroatoms. The number of rotatable bonds is 2. The standard InChI is InChI=1S/C7H4BrClF3N/c8-1-3-2-13-7(12)4(5(3)9)6(10)11/h2,6H,1H2. The van der Waals surface area contributed by atoms with Gasteiger partial charge in [0.25, 0.3) is 6.43 Å². The summed E-state index contributed by atoms with van der Waals surface area (Å²) in [4.78, 5) is 3.17. The summed E-state index contributed by atoms with van der Waals surface area (Å²) in [6.07, 6.45) is -1.82. The van der Waals surface area contributed by atoms with Crippen molar-refractivity contribution in [3.63, 3.8) is 0 Å². The molecule has 1 aromatic heterocycles. The normalized spacial score (nSPS) is 10.9. The second kappa shape index (κ2) is 4.28. The predicted molar refractivity (Wildman–Crippen MR) is 46.8 cm³/mol. The molecule has 0 saturated heterocycles. The summed E-state index contributed by atoms with van der Waals surface area (Å²) in [6, 6.07) is 0. The zero-order valence-electron chi connectivity index (χ0n) is 6.20. The third kappa shape index (κ3) is 2.14. The van der Waals surface area contributed by atoms with Crippen molar-refractivity contribution in [2.45, 2.75) is 11.8 Å². The van der Waals surface area contributed by atoms with Crippen LogP contribution in [0.15, 0.2) is 6.20 Å². The molecule has 0 radical (unpaired) electrons. The molecule has 0 unspecified atom stereocenters. The Morgan fingerprint density at radius 2 is 2.15 bits per heavy atom. The van der Waals surface area contributed by atoms with E-state index in [4.69, 9.17) is 11.6 Å². The molecule has 72 valence electrons. The van der Waals surface area contributed by atoms with Gasteiger partial charge in [0, 0.05) is 17.1 Å². The molecule has 0 aliphatic heterocycles. The molecule has 0 saturated carbocycles. The summed E-state index contributed by atoms with van der Waals surface area (Å²) in [7, 11) is 0. The SMILES string of the molecule is Fc1ncc(CBr)c(Cl)c1C(F)F. The van der Waals surface area contributed by atoms with Gasteiger partial charge < -0.3 is 0 Å². The number of aromatic nitrogens is 1. The van der Waals surface area contributed by atoms with E-state index in [-0.39, 0.29) is 10.4 Å². The van der Waals surface area contributed by atoms with Gasteiger partial charge in [-0.25, -0.2) is 13.8 Å². The van der Waals surface area contributed by atoms with Gasteiger partial charge in [-0.05, 0) is 0 Å². The van der Waals surface area contributed by atoms with Gasteiger partial charge in [-0.2, -0.15) is 4.39 Å². The van der Waals surface area contributed by atoms with Crippen molar-refractivity contribution in [1.29, 1.82) is 0 Å². The van der Waals surface area contributed by atoms with E-state index in [1.54, 1.807) is 0 Å². The smallest absolute Gasteiger partial charge is 0.227 e. The van der Waals surface area contributed by atoms with Gasteiger partial charge in [0.15, 0.2) is 0 Å². The third-order valence-electron chi connectivity index (χ3n) is 1.44. The van der Waals surface area contributed by atoms with Crippen LogP contribution < -0.4 is 0 Å². The number of hydrogen-bond donors (Lipinski definition) is 0. The summed E-state index contributed by atoms with van der Waals surface area (Å²) in [5, 5.41) is -0.00174. The molecule has 0 bridgehead atoms. The zero-order valence-corrected chi connectivity index (χ0v) is 8.54. The van der Waals surface area contributed by atoms with Gasteiger partial charge in [0.2, 0.25) is 5.95 Å². The Kier molecular flexibility index (Phi) is 3.55. The molecule has 1 aromatic rings. The molecule has 1 heterocycles. The van der Waals surface area contributed by atoms with Crippen molar-refractivity contribution < 1.29 is 13.2 Å². The summed E-state index contributed by atoms with van der Waals surface area (Å²) in [5.74, 6) is -1.22. The quantitative estimate of drug-likeness (QED) is 0.592. The van der Waals surface area contributed by atoms with E-state index in [1.165, 1.54) is 0 Å².